The Balaban J connectivity index is 1.72. The van der Waals surface area contributed by atoms with Crippen LogP contribution in [0.4, 0.5) is 0 Å². The maximum absolute atomic E-state index is 13.1. The topological polar surface area (TPSA) is 83.5 Å². The van der Waals surface area contributed by atoms with Gasteiger partial charge in [-0.3, -0.25) is 0 Å². The second kappa shape index (κ2) is 7.62. The monoisotopic (exact) mass is 432 g/mol. The Kier molecular flexibility index (Phi) is 4.75. The summed E-state index contributed by atoms with van der Waals surface area (Å²) in [6, 6.07) is 19.0. The lowest BCUT2D eigenvalue weighted by Gasteiger charge is -2.26. The Bertz CT molecular complexity index is 1210. The van der Waals surface area contributed by atoms with E-state index in [4.69, 9.17) is 23.7 Å². The molecule has 3 aromatic rings. The van der Waals surface area contributed by atoms with Gasteiger partial charge in [-0.2, -0.15) is 0 Å². The lowest BCUT2D eigenvalue weighted by atomic mass is 9.87. The number of carbonyl (C=O) groups is 1. The molecule has 32 heavy (non-hydrogen) atoms. The van der Waals surface area contributed by atoms with E-state index in [0.717, 1.165) is 0 Å². The van der Waals surface area contributed by atoms with E-state index in [-0.39, 0.29) is 12.4 Å². The minimum absolute atomic E-state index is 0.114. The highest BCUT2D eigenvalue weighted by atomic mass is 16.7. The van der Waals surface area contributed by atoms with Gasteiger partial charge in [-0.1, -0.05) is 18.2 Å². The van der Waals surface area contributed by atoms with E-state index in [1.165, 1.54) is 0 Å². The van der Waals surface area contributed by atoms with Crippen LogP contribution in [0.2, 0.25) is 0 Å². The van der Waals surface area contributed by atoms with Crippen LogP contribution in [-0.4, -0.2) is 32.1 Å². The highest BCUT2D eigenvalue weighted by molar-refractivity contribution is 6.28. The maximum Gasteiger partial charge on any atom is 0.342 e. The van der Waals surface area contributed by atoms with E-state index < -0.39 is 11.8 Å². The van der Waals surface area contributed by atoms with Crippen LogP contribution in [0.5, 0.6) is 23.0 Å². The molecule has 162 valence electrons. The number of hydrogen-bond acceptors (Lipinski definition) is 7. The van der Waals surface area contributed by atoms with Crippen molar-refractivity contribution in [2.24, 2.45) is 0 Å². The molecule has 0 amide bonds. The molecule has 1 atom stereocenters. The lowest BCUT2D eigenvalue weighted by molar-refractivity contribution is -0.178. The summed E-state index contributed by atoms with van der Waals surface area (Å²) in [7, 11) is 3.13. The van der Waals surface area contributed by atoms with Gasteiger partial charge >= 0.3 is 5.97 Å². The van der Waals surface area contributed by atoms with Gasteiger partial charge in [0.1, 0.15) is 11.5 Å². The molecule has 0 radical (unpaired) electrons. The second-order valence-corrected chi connectivity index (χ2v) is 7.31. The molecule has 3 aromatic carbocycles. The van der Waals surface area contributed by atoms with Gasteiger partial charge in [0.25, 0.3) is 5.79 Å². The SMILES string of the molecule is COc1ccc(C2=C(c3ccc4c(c3)OCO4)C(=O)OC2(O)c2ccc(OC)cc2)cc1. The second-order valence-electron chi connectivity index (χ2n) is 7.31. The minimum Gasteiger partial charge on any atom is -0.497 e. The fourth-order valence-electron chi connectivity index (χ4n) is 3.94. The summed E-state index contributed by atoms with van der Waals surface area (Å²) in [5, 5.41) is 11.7. The molecule has 7 nitrogen and oxygen atoms in total. The molecular weight excluding hydrogens is 412 g/mol. The number of fused-ring (bicyclic) bond motifs is 1. The van der Waals surface area contributed by atoms with Crippen molar-refractivity contribution in [1.29, 1.82) is 0 Å². The predicted molar refractivity (Wildman–Crippen MR) is 115 cm³/mol. The molecule has 0 spiro atoms. The van der Waals surface area contributed by atoms with Crippen molar-refractivity contribution in [3.05, 3.63) is 83.4 Å². The van der Waals surface area contributed by atoms with Crippen LogP contribution in [0, 0.1) is 0 Å². The third-order valence-electron chi connectivity index (χ3n) is 5.55. The van der Waals surface area contributed by atoms with Crippen molar-refractivity contribution < 1.29 is 33.6 Å². The van der Waals surface area contributed by atoms with Crippen LogP contribution in [0.25, 0.3) is 11.1 Å². The smallest absolute Gasteiger partial charge is 0.342 e. The molecule has 1 N–H and O–H groups in total. The van der Waals surface area contributed by atoms with Gasteiger partial charge in [0, 0.05) is 5.56 Å². The number of rotatable bonds is 5. The summed E-state index contributed by atoms with van der Waals surface area (Å²) in [5.41, 5.74) is 2.13. The van der Waals surface area contributed by atoms with Crippen LogP contribution < -0.4 is 18.9 Å². The molecule has 0 aromatic heterocycles. The largest absolute Gasteiger partial charge is 0.497 e. The standard InChI is InChI=1S/C25H20O7/c1-28-18-8-3-15(4-9-18)23-22(16-5-12-20-21(13-16)31-14-30-20)24(26)32-25(23,27)17-6-10-19(29-2)11-7-17/h3-13,27H,14H2,1-2H3. The first-order valence-electron chi connectivity index (χ1n) is 9.93. The average molecular weight is 432 g/mol. The zero-order chi connectivity index (χ0) is 22.3. The number of hydrogen-bond donors (Lipinski definition) is 1. The first-order chi connectivity index (χ1) is 15.5. The molecule has 0 fully saturated rings. The van der Waals surface area contributed by atoms with Gasteiger partial charge in [0.05, 0.1) is 25.4 Å². The van der Waals surface area contributed by atoms with Crippen molar-refractivity contribution in [2.45, 2.75) is 5.79 Å². The van der Waals surface area contributed by atoms with Gasteiger partial charge in [-0.15, -0.1) is 0 Å². The highest BCUT2D eigenvalue weighted by Crippen LogP contribution is 2.49. The third-order valence-corrected chi connectivity index (χ3v) is 5.55. The predicted octanol–water partition coefficient (Wildman–Crippen LogP) is 3.75. The molecule has 0 saturated carbocycles. The normalized spacial score (nSPS) is 19.2. The van der Waals surface area contributed by atoms with E-state index in [2.05, 4.69) is 0 Å². The number of cyclic esters (lactones) is 1. The zero-order valence-corrected chi connectivity index (χ0v) is 17.5. The molecule has 7 heteroatoms. The zero-order valence-electron chi connectivity index (χ0n) is 17.5. The summed E-state index contributed by atoms with van der Waals surface area (Å²) in [6.07, 6.45) is 0. The Morgan fingerprint density at radius 2 is 1.41 bits per heavy atom. The van der Waals surface area contributed by atoms with Crippen molar-refractivity contribution in [1.82, 2.24) is 0 Å². The summed E-state index contributed by atoms with van der Waals surface area (Å²) in [4.78, 5) is 13.1. The quantitative estimate of drug-likeness (QED) is 0.615. The van der Waals surface area contributed by atoms with Crippen molar-refractivity contribution in [2.75, 3.05) is 21.0 Å². The fraction of sp³-hybridized carbons (Fsp3) is 0.160. The van der Waals surface area contributed by atoms with E-state index in [9.17, 15) is 9.90 Å². The number of ether oxygens (including phenoxy) is 5. The Labute approximate surface area is 184 Å². The lowest BCUT2D eigenvalue weighted by Crippen LogP contribution is -2.28. The summed E-state index contributed by atoms with van der Waals surface area (Å²) in [5.74, 6) is -0.254. The van der Waals surface area contributed by atoms with Crippen molar-refractivity contribution in [3.63, 3.8) is 0 Å². The number of aliphatic hydroxyl groups is 1. The summed E-state index contributed by atoms with van der Waals surface area (Å²) >= 11 is 0. The van der Waals surface area contributed by atoms with Gasteiger partial charge in [-0.05, 0) is 59.7 Å². The molecule has 0 saturated heterocycles. The number of methoxy groups -OCH3 is 2. The maximum atomic E-state index is 13.1. The Hall–Kier alpha value is -3.97. The van der Waals surface area contributed by atoms with E-state index in [0.29, 0.717) is 45.3 Å². The summed E-state index contributed by atoms with van der Waals surface area (Å²) < 4.78 is 26.9. The van der Waals surface area contributed by atoms with Crippen LogP contribution in [0.1, 0.15) is 16.7 Å². The molecule has 2 aliphatic rings. The van der Waals surface area contributed by atoms with Crippen molar-refractivity contribution in [3.8, 4) is 23.0 Å². The average Bonchev–Trinajstić information content (AvgIpc) is 3.40. The molecule has 0 bridgehead atoms. The van der Waals surface area contributed by atoms with Gasteiger partial charge < -0.3 is 28.8 Å². The highest BCUT2D eigenvalue weighted by Gasteiger charge is 2.49. The Morgan fingerprint density at radius 1 is 0.812 bits per heavy atom. The third kappa shape index (κ3) is 3.14. The van der Waals surface area contributed by atoms with Gasteiger partial charge in [-0.25, -0.2) is 4.79 Å². The molecular formula is C25H20O7. The number of carbonyl (C=O) groups excluding carboxylic acids is 1. The first kappa shape index (κ1) is 20.0. The number of benzene rings is 3. The first-order valence-corrected chi connectivity index (χ1v) is 9.93. The van der Waals surface area contributed by atoms with Gasteiger partial charge in [0.15, 0.2) is 11.5 Å². The minimum atomic E-state index is -2.00. The van der Waals surface area contributed by atoms with E-state index in [1.807, 2.05) is 0 Å². The molecule has 0 aliphatic carbocycles. The van der Waals surface area contributed by atoms with Gasteiger partial charge in [0.2, 0.25) is 6.79 Å². The van der Waals surface area contributed by atoms with E-state index in [1.54, 1.807) is 80.9 Å². The molecule has 2 aliphatic heterocycles. The molecule has 1 unspecified atom stereocenters. The van der Waals surface area contributed by atoms with Crippen molar-refractivity contribution >= 4 is 17.1 Å². The Morgan fingerprint density at radius 3 is 2.06 bits per heavy atom. The molecule has 2 heterocycles. The van der Waals surface area contributed by atoms with Crippen LogP contribution in [-0.2, 0) is 15.3 Å². The van der Waals surface area contributed by atoms with Crippen LogP contribution in [0.3, 0.4) is 0 Å². The van der Waals surface area contributed by atoms with E-state index >= 15 is 0 Å². The molecule has 5 rings (SSSR count). The van der Waals surface area contributed by atoms with Crippen LogP contribution >= 0.6 is 0 Å². The van der Waals surface area contributed by atoms with Crippen LogP contribution in [0.15, 0.2) is 66.7 Å². The fourth-order valence-corrected chi connectivity index (χ4v) is 3.94. The summed E-state index contributed by atoms with van der Waals surface area (Å²) in [6.45, 7) is 0.114. The number of esters is 1.